The number of nitrogens with one attached hydrogen (secondary N) is 1. The van der Waals surface area contributed by atoms with Crippen molar-refractivity contribution in [1.29, 1.82) is 5.26 Å². The van der Waals surface area contributed by atoms with Gasteiger partial charge in [-0.2, -0.15) is 5.26 Å². The summed E-state index contributed by atoms with van der Waals surface area (Å²) in [5, 5.41) is 15.6. The fourth-order valence-corrected chi connectivity index (χ4v) is 2.15. The smallest absolute Gasteiger partial charge is 0.252 e. The first-order valence-corrected chi connectivity index (χ1v) is 7.51. The van der Waals surface area contributed by atoms with Crippen LogP contribution < -0.4 is 20.5 Å². The van der Waals surface area contributed by atoms with Crippen molar-refractivity contribution in [3.8, 4) is 17.6 Å². The van der Waals surface area contributed by atoms with Crippen LogP contribution in [0.1, 0.15) is 12.2 Å². The second-order valence-corrected chi connectivity index (χ2v) is 5.05. The van der Waals surface area contributed by atoms with Crippen LogP contribution in [0.5, 0.6) is 11.5 Å². The molecule has 0 amide bonds. The second kappa shape index (κ2) is 7.32. The lowest BCUT2D eigenvalue weighted by Gasteiger charge is -2.10. The Morgan fingerprint density at radius 3 is 3.00 bits per heavy atom. The van der Waals surface area contributed by atoms with Gasteiger partial charge in [0.25, 0.3) is 5.82 Å². The number of fused-ring (bicyclic) bond motifs is 1. The first kappa shape index (κ1) is 15.6. The summed E-state index contributed by atoms with van der Waals surface area (Å²) in [6, 6.07) is 7.40. The van der Waals surface area contributed by atoms with E-state index in [1.54, 1.807) is 4.68 Å². The fourth-order valence-electron chi connectivity index (χ4n) is 2.15. The highest BCUT2D eigenvalue weighted by Crippen LogP contribution is 2.32. The van der Waals surface area contributed by atoms with Gasteiger partial charge < -0.3 is 20.5 Å². The number of hydrogen-bond donors (Lipinski definition) is 2. The van der Waals surface area contributed by atoms with E-state index in [2.05, 4.69) is 20.4 Å². The Hall–Kier alpha value is -3.28. The zero-order chi connectivity index (χ0) is 16.8. The fraction of sp³-hybridized carbons (Fsp3) is 0.333. The van der Waals surface area contributed by atoms with E-state index in [0.717, 1.165) is 17.9 Å². The molecule has 124 valence electrons. The molecule has 0 radical (unpaired) electrons. The molecule has 1 aliphatic heterocycles. The van der Waals surface area contributed by atoms with E-state index in [-0.39, 0.29) is 11.8 Å². The van der Waals surface area contributed by atoms with Gasteiger partial charge in [-0.3, -0.25) is 4.99 Å². The van der Waals surface area contributed by atoms with E-state index in [0.29, 0.717) is 32.1 Å². The highest BCUT2D eigenvalue weighted by molar-refractivity contribution is 5.92. The third kappa shape index (κ3) is 3.92. The van der Waals surface area contributed by atoms with Gasteiger partial charge in [-0.05, 0) is 12.1 Å². The molecule has 0 aliphatic carbocycles. The second-order valence-electron chi connectivity index (χ2n) is 5.05. The molecule has 0 atom stereocenters. The van der Waals surface area contributed by atoms with Gasteiger partial charge in [0.2, 0.25) is 0 Å². The molecule has 1 aromatic heterocycles. The number of guanidine groups is 1. The van der Waals surface area contributed by atoms with Crippen LogP contribution in [0.4, 0.5) is 5.69 Å². The number of hydrogen-bond acceptors (Lipinski definition) is 6. The molecule has 1 aromatic carbocycles. The Labute approximate surface area is 138 Å². The van der Waals surface area contributed by atoms with Crippen LogP contribution in [-0.4, -0.2) is 40.5 Å². The molecule has 0 saturated heterocycles. The van der Waals surface area contributed by atoms with E-state index >= 15 is 0 Å². The topological polar surface area (TPSA) is 123 Å². The predicted molar refractivity (Wildman–Crippen MR) is 86.9 cm³/mol. The van der Waals surface area contributed by atoms with Gasteiger partial charge in [0.1, 0.15) is 12.4 Å². The molecule has 24 heavy (non-hydrogen) atoms. The van der Waals surface area contributed by atoms with Crippen molar-refractivity contribution in [1.82, 2.24) is 14.8 Å². The van der Waals surface area contributed by atoms with Crippen LogP contribution in [0.2, 0.25) is 0 Å². The Bertz CT molecular complexity index is 778. The van der Waals surface area contributed by atoms with Crippen LogP contribution in [-0.2, 0) is 6.54 Å². The third-order valence-electron chi connectivity index (χ3n) is 3.27. The maximum Gasteiger partial charge on any atom is 0.252 e. The molecular weight excluding hydrogens is 310 g/mol. The molecular formula is C15H17N7O2. The molecule has 2 aromatic rings. The van der Waals surface area contributed by atoms with Crippen LogP contribution in [0, 0.1) is 11.3 Å². The molecule has 9 nitrogen and oxygen atoms in total. The average Bonchev–Trinajstić information content (AvgIpc) is 2.91. The van der Waals surface area contributed by atoms with Gasteiger partial charge in [0, 0.05) is 18.2 Å². The van der Waals surface area contributed by atoms with Gasteiger partial charge in [0.15, 0.2) is 17.5 Å². The van der Waals surface area contributed by atoms with Crippen molar-refractivity contribution < 1.29 is 9.47 Å². The van der Waals surface area contributed by atoms with Crippen molar-refractivity contribution in [3.05, 3.63) is 30.4 Å². The third-order valence-corrected chi connectivity index (χ3v) is 3.27. The van der Waals surface area contributed by atoms with Crippen LogP contribution in [0.3, 0.4) is 0 Å². The zero-order valence-corrected chi connectivity index (χ0v) is 13.0. The zero-order valence-electron chi connectivity index (χ0n) is 13.0. The summed E-state index contributed by atoms with van der Waals surface area (Å²) in [6.45, 7) is 2.18. The molecule has 0 saturated carbocycles. The van der Waals surface area contributed by atoms with E-state index in [9.17, 15) is 0 Å². The van der Waals surface area contributed by atoms with E-state index < -0.39 is 0 Å². The summed E-state index contributed by atoms with van der Waals surface area (Å²) < 4.78 is 12.8. The SMILES string of the molecule is N#Cc1ncn(CCN=C(N)Nc2ccc3c(c2)OCCCO3)n1. The van der Waals surface area contributed by atoms with Crippen molar-refractivity contribution in [2.45, 2.75) is 13.0 Å². The van der Waals surface area contributed by atoms with Crippen molar-refractivity contribution in [2.75, 3.05) is 25.1 Å². The molecule has 0 spiro atoms. The lowest BCUT2D eigenvalue weighted by Crippen LogP contribution is -2.23. The first-order valence-electron chi connectivity index (χ1n) is 7.51. The van der Waals surface area contributed by atoms with Gasteiger partial charge in [0.05, 0.1) is 26.3 Å². The number of ether oxygens (including phenoxy) is 2. The van der Waals surface area contributed by atoms with Gasteiger partial charge >= 0.3 is 0 Å². The van der Waals surface area contributed by atoms with Crippen LogP contribution in [0.25, 0.3) is 0 Å². The first-order chi connectivity index (χ1) is 11.7. The van der Waals surface area contributed by atoms with Gasteiger partial charge in [-0.25, -0.2) is 9.67 Å². The quantitative estimate of drug-likeness (QED) is 0.627. The molecule has 0 fully saturated rings. The number of aliphatic imine (C=N–C) groups is 1. The standard InChI is InChI=1S/C15H17N7O2/c16-9-14-19-10-22(21-14)5-4-18-15(17)20-11-2-3-12-13(8-11)24-7-1-6-23-12/h2-3,8,10H,1,4-7H2,(H3,17,18,20). The summed E-state index contributed by atoms with van der Waals surface area (Å²) in [5.41, 5.74) is 6.65. The average molecular weight is 327 g/mol. The van der Waals surface area contributed by atoms with E-state index in [4.69, 9.17) is 20.5 Å². The number of rotatable bonds is 4. The Kier molecular flexibility index (Phi) is 4.76. The van der Waals surface area contributed by atoms with Crippen LogP contribution in [0.15, 0.2) is 29.5 Å². The number of nitrogens with two attached hydrogens (primary N) is 1. The van der Waals surface area contributed by atoms with E-state index in [1.807, 2.05) is 24.3 Å². The monoisotopic (exact) mass is 327 g/mol. The highest BCUT2D eigenvalue weighted by atomic mass is 16.5. The minimum absolute atomic E-state index is 0.136. The Morgan fingerprint density at radius 2 is 2.21 bits per heavy atom. The summed E-state index contributed by atoms with van der Waals surface area (Å²) in [5.74, 6) is 1.84. The molecule has 0 unspecified atom stereocenters. The minimum atomic E-state index is 0.136. The summed E-state index contributed by atoms with van der Waals surface area (Å²) in [7, 11) is 0. The molecule has 2 heterocycles. The molecule has 9 heteroatoms. The Balaban J connectivity index is 1.56. The Morgan fingerprint density at radius 1 is 1.38 bits per heavy atom. The normalized spacial score (nSPS) is 13.9. The predicted octanol–water partition coefficient (Wildman–Crippen LogP) is 0.738. The number of aromatic nitrogens is 3. The number of nitrogens with zero attached hydrogens (tertiary/aromatic N) is 5. The lowest BCUT2D eigenvalue weighted by atomic mass is 10.3. The van der Waals surface area contributed by atoms with Crippen LogP contribution >= 0.6 is 0 Å². The summed E-state index contributed by atoms with van der Waals surface area (Å²) in [6.07, 6.45) is 2.35. The summed E-state index contributed by atoms with van der Waals surface area (Å²) in [4.78, 5) is 8.04. The number of nitriles is 1. The number of benzene rings is 1. The van der Waals surface area contributed by atoms with E-state index in [1.165, 1.54) is 6.33 Å². The van der Waals surface area contributed by atoms with Gasteiger partial charge in [-0.15, -0.1) is 5.10 Å². The minimum Gasteiger partial charge on any atom is -0.490 e. The van der Waals surface area contributed by atoms with Crippen molar-refractivity contribution >= 4 is 11.6 Å². The van der Waals surface area contributed by atoms with Gasteiger partial charge in [-0.1, -0.05) is 0 Å². The maximum atomic E-state index is 8.67. The van der Waals surface area contributed by atoms with Crippen molar-refractivity contribution in [2.24, 2.45) is 10.7 Å². The molecule has 3 rings (SSSR count). The summed E-state index contributed by atoms with van der Waals surface area (Å²) >= 11 is 0. The molecule has 1 aliphatic rings. The van der Waals surface area contributed by atoms with Crippen molar-refractivity contribution in [3.63, 3.8) is 0 Å². The maximum absolute atomic E-state index is 8.67. The largest absolute Gasteiger partial charge is 0.490 e. The lowest BCUT2D eigenvalue weighted by molar-refractivity contribution is 0.297. The highest BCUT2D eigenvalue weighted by Gasteiger charge is 2.10. The molecule has 0 bridgehead atoms. The molecule has 3 N–H and O–H groups in total. The number of anilines is 1.